The number of nitrogens with zero attached hydrogens (tertiary/aromatic N) is 4. The number of carbonyl (C=O) groups excluding carboxylic acids is 1. The van der Waals surface area contributed by atoms with Crippen molar-refractivity contribution in [2.24, 2.45) is 0 Å². The number of hydrogen-bond donors (Lipinski definition) is 3. The number of nitrogen functional groups attached to an aromatic ring is 2. The van der Waals surface area contributed by atoms with Crippen LogP contribution in [0.4, 0.5) is 16.6 Å². The number of hydrogen-bond acceptors (Lipinski definition) is 9. The third-order valence-electron chi connectivity index (χ3n) is 4.31. The Labute approximate surface area is 173 Å². The summed E-state index contributed by atoms with van der Waals surface area (Å²) in [4.78, 5) is 17.9. The first-order valence-electron chi connectivity index (χ1n) is 8.49. The molecule has 0 saturated heterocycles. The van der Waals surface area contributed by atoms with Crippen LogP contribution in [-0.2, 0) is 0 Å². The predicted octanol–water partition coefficient (Wildman–Crippen LogP) is 3.72. The van der Waals surface area contributed by atoms with Crippen LogP contribution >= 0.6 is 22.7 Å². The van der Waals surface area contributed by atoms with Gasteiger partial charge in [0.25, 0.3) is 5.91 Å². The van der Waals surface area contributed by atoms with E-state index in [4.69, 9.17) is 11.5 Å². The summed E-state index contributed by atoms with van der Waals surface area (Å²) in [6.07, 6.45) is 0. The van der Waals surface area contributed by atoms with Gasteiger partial charge in [-0.25, -0.2) is 4.98 Å². The number of thiophene rings is 1. The topological polar surface area (TPSA) is 144 Å². The number of pyridine rings is 1. The quantitative estimate of drug-likeness (QED) is 0.457. The largest absolute Gasteiger partial charge is 0.397 e. The zero-order valence-electron chi connectivity index (χ0n) is 15.5. The molecule has 5 N–H and O–H groups in total. The molecule has 0 atom stereocenters. The highest BCUT2D eigenvalue weighted by Gasteiger charge is 2.24. The van der Waals surface area contributed by atoms with Crippen LogP contribution in [0, 0.1) is 25.2 Å². The van der Waals surface area contributed by atoms with E-state index in [9.17, 15) is 10.1 Å². The molecular formula is C19H15N7OS2. The first-order valence-corrected chi connectivity index (χ1v) is 10.1. The van der Waals surface area contributed by atoms with Gasteiger partial charge in [0.15, 0.2) is 0 Å². The molecule has 0 unspecified atom stereocenters. The summed E-state index contributed by atoms with van der Waals surface area (Å²) in [5, 5.41) is 21.8. The van der Waals surface area contributed by atoms with Crippen LogP contribution in [0.3, 0.4) is 0 Å². The van der Waals surface area contributed by atoms with Gasteiger partial charge < -0.3 is 11.5 Å². The maximum absolute atomic E-state index is 12.8. The lowest BCUT2D eigenvalue weighted by atomic mass is 9.96. The summed E-state index contributed by atoms with van der Waals surface area (Å²) in [5.74, 6) is -0.308. The Kier molecular flexibility index (Phi) is 4.62. The average molecular weight is 422 g/mol. The second-order valence-electron chi connectivity index (χ2n) is 6.33. The maximum Gasteiger partial charge on any atom is 0.269 e. The maximum atomic E-state index is 12.8. The van der Waals surface area contributed by atoms with Crippen molar-refractivity contribution < 1.29 is 4.79 Å². The van der Waals surface area contributed by atoms with Gasteiger partial charge in [-0.3, -0.25) is 10.1 Å². The summed E-state index contributed by atoms with van der Waals surface area (Å²) < 4.78 is 0. The van der Waals surface area contributed by atoms with E-state index in [1.165, 1.54) is 11.3 Å². The average Bonchev–Trinajstić information content (AvgIpc) is 3.24. The zero-order valence-corrected chi connectivity index (χ0v) is 17.1. The number of aryl methyl sites for hydroxylation is 2. The Balaban J connectivity index is 1.91. The van der Waals surface area contributed by atoms with Crippen molar-refractivity contribution >= 4 is 55.4 Å². The fourth-order valence-electron chi connectivity index (χ4n) is 2.96. The highest BCUT2D eigenvalue weighted by Crippen LogP contribution is 2.42. The molecule has 0 saturated carbocycles. The molecule has 0 aliphatic heterocycles. The first-order chi connectivity index (χ1) is 13.9. The molecule has 8 nitrogen and oxygen atoms in total. The Hall–Kier alpha value is -3.55. The van der Waals surface area contributed by atoms with Crippen LogP contribution in [0.25, 0.3) is 21.3 Å². The number of anilines is 3. The van der Waals surface area contributed by atoms with Gasteiger partial charge in [-0.1, -0.05) is 41.2 Å². The van der Waals surface area contributed by atoms with Gasteiger partial charge in [-0.05, 0) is 19.4 Å². The van der Waals surface area contributed by atoms with Crippen LogP contribution in [0.1, 0.15) is 25.8 Å². The van der Waals surface area contributed by atoms with Gasteiger partial charge >= 0.3 is 0 Å². The summed E-state index contributed by atoms with van der Waals surface area (Å²) in [6, 6.07) is 9.78. The number of nitriles is 1. The molecule has 1 amide bonds. The van der Waals surface area contributed by atoms with Crippen molar-refractivity contribution in [1.82, 2.24) is 15.2 Å². The molecule has 0 spiro atoms. The molecule has 4 rings (SSSR count). The lowest BCUT2D eigenvalue weighted by Gasteiger charge is -2.10. The second kappa shape index (κ2) is 7.12. The summed E-state index contributed by atoms with van der Waals surface area (Å²) in [5.41, 5.74) is 15.3. The third-order valence-corrected chi connectivity index (χ3v) is 6.16. The van der Waals surface area contributed by atoms with E-state index in [1.54, 1.807) is 6.92 Å². The molecule has 0 fully saturated rings. The molecule has 3 heterocycles. The van der Waals surface area contributed by atoms with E-state index in [0.29, 0.717) is 20.9 Å². The van der Waals surface area contributed by atoms with Gasteiger partial charge in [-0.15, -0.1) is 21.5 Å². The smallest absolute Gasteiger partial charge is 0.269 e. The Morgan fingerprint density at radius 2 is 1.86 bits per heavy atom. The van der Waals surface area contributed by atoms with Gasteiger partial charge in [-0.2, -0.15) is 5.26 Å². The normalized spacial score (nSPS) is 10.8. The first kappa shape index (κ1) is 18.8. The number of amides is 1. The minimum Gasteiger partial charge on any atom is -0.397 e. The van der Waals surface area contributed by atoms with Crippen LogP contribution < -0.4 is 16.8 Å². The third kappa shape index (κ3) is 3.26. The van der Waals surface area contributed by atoms with Crippen LogP contribution in [0.15, 0.2) is 24.3 Å². The number of rotatable bonds is 3. The highest BCUT2D eigenvalue weighted by atomic mass is 32.1. The lowest BCUT2D eigenvalue weighted by molar-refractivity contribution is 0.103. The lowest BCUT2D eigenvalue weighted by Crippen LogP contribution is -2.11. The molecule has 0 aliphatic carbocycles. The number of fused-ring (bicyclic) bond motifs is 1. The van der Waals surface area contributed by atoms with E-state index < -0.39 is 5.91 Å². The number of nitrogens with two attached hydrogens (primary N) is 2. The monoisotopic (exact) mass is 421 g/mol. The Bertz CT molecular complexity index is 1300. The molecule has 0 radical (unpaired) electrons. The molecule has 0 aliphatic rings. The van der Waals surface area contributed by atoms with E-state index in [0.717, 1.165) is 27.5 Å². The van der Waals surface area contributed by atoms with Crippen molar-refractivity contribution in [3.63, 3.8) is 0 Å². The molecule has 144 valence electrons. The van der Waals surface area contributed by atoms with Crippen molar-refractivity contribution in [2.75, 3.05) is 16.8 Å². The summed E-state index contributed by atoms with van der Waals surface area (Å²) in [6.45, 7) is 3.77. The molecule has 3 aromatic heterocycles. The summed E-state index contributed by atoms with van der Waals surface area (Å²) in [7, 11) is 0. The number of nitrogens with one attached hydrogen (secondary N) is 1. The Morgan fingerprint density at radius 3 is 2.48 bits per heavy atom. The second-order valence-corrected chi connectivity index (χ2v) is 8.51. The fraction of sp³-hybridized carbons (Fsp3) is 0.105. The van der Waals surface area contributed by atoms with Gasteiger partial charge in [0.2, 0.25) is 5.13 Å². The van der Waals surface area contributed by atoms with Crippen molar-refractivity contribution in [1.29, 1.82) is 5.26 Å². The molecule has 0 bridgehead atoms. The van der Waals surface area contributed by atoms with Gasteiger partial charge in [0.1, 0.15) is 32.2 Å². The molecule has 29 heavy (non-hydrogen) atoms. The molecule has 10 heteroatoms. The van der Waals surface area contributed by atoms with Gasteiger partial charge in [0, 0.05) is 10.9 Å². The Morgan fingerprint density at radius 1 is 1.14 bits per heavy atom. The van der Waals surface area contributed by atoms with Gasteiger partial charge in [0.05, 0.1) is 5.69 Å². The fourth-order valence-corrected chi connectivity index (χ4v) is 4.56. The van der Waals surface area contributed by atoms with Crippen molar-refractivity contribution in [3.05, 3.63) is 45.3 Å². The SMILES string of the molecule is Cc1ccc(-c2c(C#N)c(N)nc3sc(C(=O)Nc4nnc(C)s4)c(N)c23)cc1. The van der Waals surface area contributed by atoms with E-state index >= 15 is 0 Å². The minimum absolute atomic E-state index is 0.100. The van der Waals surface area contributed by atoms with E-state index in [1.807, 2.05) is 31.2 Å². The number of carbonyl (C=O) groups is 1. The summed E-state index contributed by atoms with van der Waals surface area (Å²) >= 11 is 2.39. The minimum atomic E-state index is -0.409. The molecule has 1 aromatic carbocycles. The van der Waals surface area contributed by atoms with Crippen LogP contribution in [-0.4, -0.2) is 21.1 Å². The van der Waals surface area contributed by atoms with E-state index in [2.05, 4.69) is 26.6 Å². The van der Waals surface area contributed by atoms with E-state index in [-0.39, 0.29) is 21.9 Å². The zero-order chi connectivity index (χ0) is 20.7. The molecule has 4 aromatic rings. The van der Waals surface area contributed by atoms with Crippen LogP contribution in [0.5, 0.6) is 0 Å². The number of aromatic nitrogens is 3. The number of benzene rings is 1. The standard InChI is InChI=1S/C19H15N7OS2/c1-8-3-5-10(6-4-8)12-11(7-20)16(22)23-18-13(12)14(21)15(29-18)17(27)24-19-26-25-9(2)28-19/h3-6H,21H2,1-2H3,(H2,22,23)(H,24,26,27). The predicted molar refractivity (Wildman–Crippen MR) is 116 cm³/mol. The van der Waals surface area contributed by atoms with Crippen molar-refractivity contribution in [3.8, 4) is 17.2 Å². The van der Waals surface area contributed by atoms with Crippen LogP contribution in [0.2, 0.25) is 0 Å². The van der Waals surface area contributed by atoms with Crippen molar-refractivity contribution in [2.45, 2.75) is 13.8 Å². The highest BCUT2D eigenvalue weighted by molar-refractivity contribution is 7.21. The molecular weight excluding hydrogens is 406 g/mol.